The molecule has 0 fully saturated rings. The third kappa shape index (κ3) is 3.17. The molecule has 1 aromatic heterocycles. The molecule has 106 valence electrons. The maximum atomic E-state index is 12.5. The van der Waals surface area contributed by atoms with Gasteiger partial charge in [0.05, 0.1) is 11.5 Å². The van der Waals surface area contributed by atoms with Crippen molar-refractivity contribution in [1.82, 2.24) is 4.98 Å². The van der Waals surface area contributed by atoms with Gasteiger partial charge in [0.25, 0.3) is 0 Å². The van der Waals surface area contributed by atoms with Crippen LogP contribution in [0.1, 0.15) is 22.7 Å². The molecule has 1 atom stereocenters. The summed E-state index contributed by atoms with van der Waals surface area (Å²) in [4.78, 5) is 13.1. The number of aromatic nitrogens is 1. The summed E-state index contributed by atoms with van der Waals surface area (Å²) in [5.74, 6) is -0.595. The van der Waals surface area contributed by atoms with Gasteiger partial charge in [0.1, 0.15) is 0 Å². The van der Waals surface area contributed by atoms with Crippen molar-refractivity contribution in [3.05, 3.63) is 69.5 Å². The lowest BCUT2D eigenvalue weighted by atomic mass is 9.95. The summed E-state index contributed by atoms with van der Waals surface area (Å²) in [5, 5.41) is 10.7. The summed E-state index contributed by atoms with van der Waals surface area (Å²) in [6.45, 7) is -0.383. The van der Waals surface area contributed by atoms with Crippen molar-refractivity contribution >= 4 is 0 Å². The predicted octanol–water partition coefficient (Wildman–Crippen LogP) is 3.44. The maximum Gasteiger partial charge on any atom is 0.416 e. The molecule has 0 saturated heterocycles. The smallest absolute Gasteiger partial charge is 0.364 e. The second-order valence-corrected chi connectivity index (χ2v) is 4.31. The highest BCUT2D eigenvalue weighted by molar-refractivity contribution is 5.32. The summed E-state index contributed by atoms with van der Waals surface area (Å²) in [5.41, 5.74) is 0.297. The Morgan fingerprint density at radius 3 is 2.30 bits per heavy atom. The normalized spacial score (nSPS) is 13.2. The lowest BCUT2D eigenvalue weighted by molar-refractivity contribution is -0.481. The number of nitrogens with zero attached hydrogens (tertiary/aromatic N) is 1. The van der Waals surface area contributed by atoms with Gasteiger partial charge in [-0.2, -0.15) is 13.2 Å². The quantitative estimate of drug-likeness (QED) is 0.690. The molecule has 2 aromatic rings. The second kappa shape index (κ2) is 5.36. The number of benzene rings is 1. The van der Waals surface area contributed by atoms with E-state index in [0.717, 1.165) is 12.1 Å². The van der Waals surface area contributed by atoms with Crippen LogP contribution in [0.5, 0.6) is 0 Å². The molecule has 0 aliphatic carbocycles. The molecule has 0 aliphatic rings. The van der Waals surface area contributed by atoms with Crippen LogP contribution in [0.4, 0.5) is 13.2 Å². The first-order valence-corrected chi connectivity index (χ1v) is 5.80. The van der Waals surface area contributed by atoms with Gasteiger partial charge >= 0.3 is 6.18 Å². The van der Waals surface area contributed by atoms with Crippen LogP contribution in [0.2, 0.25) is 0 Å². The van der Waals surface area contributed by atoms with E-state index >= 15 is 0 Å². The van der Waals surface area contributed by atoms with E-state index in [1.807, 2.05) is 0 Å². The highest BCUT2D eigenvalue weighted by Crippen LogP contribution is 2.31. The fourth-order valence-corrected chi connectivity index (χ4v) is 2.00. The summed E-state index contributed by atoms with van der Waals surface area (Å²) in [7, 11) is 0. The summed E-state index contributed by atoms with van der Waals surface area (Å²) < 4.78 is 37.5. The number of hydrogen-bond donors (Lipinski definition) is 1. The highest BCUT2D eigenvalue weighted by Gasteiger charge is 2.30. The van der Waals surface area contributed by atoms with E-state index in [9.17, 15) is 23.3 Å². The average molecular weight is 284 g/mol. The number of rotatable bonds is 4. The van der Waals surface area contributed by atoms with Gasteiger partial charge in [-0.1, -0.05) is 12.1 Å². The average Bonchev–Trinajstić information content (AvgIpc) is 2.88. The number of hydrogen-bond acceptors (Lipinski definition) is 2. The number of nitro groups is 1. The molecule has 0 bridgehead atoms. The van der Waals surface area contributed by atoms with Gasteiger partial charge in [-0.3, -0.25) is 10.1 Å². The molecule has 2 rings (SSSR count). The monoisotopic (exact) mass is 284 g/mol. The number of nitrogens with one attached hydrogen (secondary N) is 1. The zero-order valence-corrected chi connectivity index (χ0v) is 10.2. The van der Waals surface area contributed by atoms with Crippen molar-refractivity contribution in [3.8, 4) is 0 Å². The van der Waals surface area contributed by atoms with Gasteiger partial charge in [-0.05, 0) is 29.8 Å². The molecule has 20 heavy (non-hydrogen) atoms. The molecular formula is C13H11F3N2O2. The SMILES string of the molecule is O=[N+]([O-])C[C@H](c1ccc(C(F)(F)F)cc1)c1ccc[nH]1. The number of alkyl halides is 3. The van der Waals surface area contributed by atoms with Gasteiger partial charge in [-0.15, -0.1) is 0 Å². The lowest BCUT2D eigenvalue weighted by Gasteiger charge is -2.13. The van der Waals surface area contributed by atoms with Crippen molar-refractivity contribution in [2.45, 2.75) is 12.1 Å². The number of H-pyrrole nitrogens is 1. The van der Waals surface area contributed by atoms with Crippen LogP contribution in [-0.2, 0) is 6.18 Å². The number of aromatic amines is 1. The van der Waals surface area contributed by atoms with Crippen molar-refractivity contribution in [1.29, 1.82) is 0 Å². The Morgan fingerprint density at radius 2 is 1.85 bits per heavy atom. The second-order valence-electron chi connectivity index (χ2n) is 4.31. The third-order valence-electron chi connectivity index (χ3n) is 2.97. The molecule has 1 N–H and O–H groups in total. The van der Waals surface area contributed by atoms with Crippen LogP contribution in [0.3, 0.4) is 0 Å². The first kappa shape index (κ1) is 14.1. The molecule has 0 spiro atoms. The van der Waals surface area contributed by atoms with E-state index in [-0.39, 0.29) is 6.54 Å². The topological polar surface area (TPSA) is 58.9 Å². The van der Waals surface area contributed by atoms with Crippen molar-refractivity contribution in [2.24, 2.45) is 0 Å². The Balaban J connectivity index is 2.32. The lowest BCUT2D eigenvalue weighted by Crippen LogP contribution is -2.14. The minimum atomic E-state index is -4.41. The molecule has 1 heterocycles. The van der Waals surface area contributed by atoms with Crippen LogP contribution in [-0.4, -0.2) is 16.5 Å². The van der Waals surface area contributed by atoms with E-state index < -0.39 is 22.6 Å². The summed E-state index contributed by atoms with van der Waals surface area (Å²) in [6.07, 6.45) is -2.80. The highest BCUT2D eigenvalue weighted by atomic mass is 19.4. The largest absolute Gasteiger partial charge is 0.416 e. The molecule has 7 heteroatoms. The minimum Gasteiger partial charge on any atom is -0.364 e. The van der Waals surface area contributed by atoms with Gasteiger partial charge in [0.2, 0.25) is 6.54 Å². The Kier molecular flexibility index (Phi) is 3.78. The van der Waals surface area contributed by atoms with Crippen molar-refractivity contribution in [2.75, 3.05) is 6.54 Å². The van der Waals surface area contributed by atoms with Gasteiger partial charge in [0, 0.05) is 16.8 Å². The van der Waals surface area contributed by atoms with Gasteiger partial charge in [-0.25, -0.2) is 0 Å². The first-order valence-electron chi connectivity index (χ1n) is 5.80. The first-order chi connectivity index (χ1) is 9.38. The van der Waals surface area contributed by atoms with Gasteiger partial charge < -0.3 is 4.98 Å². The zero-order valence-electron chi connectivity index (χ0n) is 10.2. The van der Waals surface area contributed by atoms with Crippen LogP contribution < -0.4 is 0 Å². The van der Waals surface area contributed by atoms with E-state index in [1.165, 1.54) is 12.1 Å². The Hall–Kier alpha value is -2.31. The summed E-state index contributed by atoms with van der Waals surface area (Å²) in [6, 6.07) is 7.78. The molecule has 1 aromatic carbocycles. The van der Waals surface area contributed by atoms with Crippen LogP contribution >= 0.6 is 0 Å². The Bertz CT molecular complexity index is 577. The maximum absolute atomic E-state index is 12.5. The van der Waals surface area contributed by atoms with Crippen LogP contribution in [0.25, 0.3) is 0 Å². The van der Waals surface area contributed by atoms with E-state index in [1.54, 1.807) is 18.3 Å². The fraction of sp³-hybridized carbons (Fsp3) is 0.231. The van der Waals surface area contributed by atoms with Crippen molar-refractivity contribution in [3.63, 3.8) is 0 Å². The van der Waals surface area contributed by atoms with E-state index in [0.29, 0.717) is 11.3 Å². The van der Waals surface area contributed by atoms with E-state index in [2.05, 4.69) is 4.98 Å². The fourth-order valence-electron chi connectivity index (χ4n) is 2.00. The predicted molar refractivity (Wildman–Crippen MR) is 65.9 cm³/mol. The molecule has 0 unspecified atom stereocenters. The molecule has 4 nitrogen and oxygen atoms in total. The molecule has 0 amide bonds. The summed E-state index contributed by atoms with van der Waals surface area (Å²) >= 11 is 0. The Labute approximate surface area is 112 Å². The standard InChI is InChI=1S/C13H11F3N2O2/c14-13(15,16)10-5-3-9(4-6-10)11(8-18(19)20)12-2-1-7-17-12/h1-7,11,17H,8H2/t11-/m1/s1. The molecular weight excluding hydrogens is 273 g/mol. The minimum absolute atomic E-state index is 0.383. The molecule has 0 radical (unpaired) electrons. The van der Waals surface area contributed by atoms with Gasteiger partial charge in [0.15, 0.2) is 0 Å². The van der Waals surface area contributed by atoms with E-state index in [4.69, 9.17) is 0 Å². The zero-order chi connectivity index (χ0) is 14.8. The van der Waals surface area contributed by atoms with Crippen LogP contribution in [0, 0.1) is 10.1 Å². The third-order valence-corrected chi connectivity index (χ3v) is 2.97. The Morgan fingerprint density at radius 1 is 1.20 bits per heavy atom. The number of halogens is 3. The molecule has 0 aliphatic heterocycles. The van der Waals surface area contributed by atoms with Crippen molar-refractivity contribution < 1.29 is 18.1 Å². The van der Waals surface area contributed by atoms with Crippen LogP contribution in [0.15, 0.2) is 42.6 Å². The molecule has 0 saturated carbocycles.